The van der Waals surface area contributed by atoms with Crippen molar-refractivity contribution in [2.75, 3.05) is 6.54 Å². The SMILES string of the molecule is Cc1cnc(-c2cc(OC3CC4CC3CN4)cc(C(=O)NC(C)c3cnc(C(F)(F)F)nc3)c2)s1. The van der Waals surface area contributed by atoms with Crippen molar-refractivity contribution in [2.45, 2.75) is 51.1 Å². The molecule has 1 aliphatic heterocycles. The number of carbonyl (C=O) groups is 1. The second-order valence-corrected chi connectivity index (χ2v) is 10.3. The molecule has 1 aromatic carbocycles. The molecule has 0 radical (unpaired) electrons. The summed E-state index contributed by atoms with van der Waals surface area (Å²) < 4.78 is 44.6. The summed E-state index contributed by atoms with van der Waals surface area (Å²) >= 11 is 1.52. The minimum absolute atomic E-state index is 0.0914. The number of nitrogens with one attached hydrogen (secondary N) is 2. The topological polar surface area (TPSA) is 89.0 Å². The molecular weight excluding hydrogens is 479 g/mol. The molecule has 11 heteroatoms. The Morgan fingerprint density at radius 1 is 1.17 bits per heavy atom. The van der Waals surface area contributed by atoms with Gasteiger partial charge in [0.2, 0.25) is 5.82 Å². The molecule has 2 aromatic heterocycles. The maximum Gasteiger partial charge on any atom is 0.451 e. The number of benzene rings is 1. The highest BCUT2D eigenvalue weighted by molar-refractivity contribution is 7.14. The van der Waals surface area contributed by atoms with Crippen molar-refractivity contribution < 1.29 is 22.7 Å². The molecule has 2 aliphatic rings. The molecule has 2 N–H and O–H groups in total. The van der Waals surface area contributed by atoms with Crippen LogP contribution in [0.2, 0.25) is 0 Å². The Balaban J connectivity index is 1.37. The summed E-state index contributed by atoms with van der Waals surface area (Å²) in [6.45, 7) is 4.56. The first-order valence-electron chi connectivity index (χ1n) is 11.3. The van der Waals surface area contributed by atoms with Crippen LogP contribution in [0.3, 0.4) is 0 Å². The third-order valence-corrected chi connectivity index (χ3v) is 7.36. The fourth-order valence-corrected chi connectivity index (χ4v) is 5.34. The summed E-state index contributed by atoms with van der Waals surface area (Å²) in [5.74, 6) is -0.554. The minimum atomic E-state index is -4.62. The second-order valence-electron chi connectivity index (χ2n) is 9.05. The van der Waals surface area contributed by atoms with Crippen molar-refractivity contribution in [2.24, 2.45) is 5.92 Å². The number of piperidine rings is 1. The number of nitrogens with zero attached hydrogens (tertiary/aromatic N) is 3. The van der Waals surface area contributed by atoms with Crippen LogP contribution in [0.1, 0.15) is 52.4 Å². The molecule has 1 saturated heterocycles. The van der Waals surface area contributed by atoms with Crippen molar-refractivity contribution in [3.05, 3.63) is 58.6 Å². The average Bonchev–Trinajstić information content (AvgIpc) is 3.56. The van der Waals surface area contributed by atoms with Crippen molar-refractivity contribution in [1.82, 2.24) is 25.6 Å². The van der Waals surface area contributed by atoms with Crippen LogP contribution in [0.15, 0.2) is 36.8 Å². The number of carbonyl (C=O) groups excluding carboxylic acids is 1. The van der Waals surface area contributed by atoms with E-state index in [-0.39, 0.29) is 12.0 Å². The van der Waals surface area contributed by atoms with Crippen molar-refractivity contribution in [3.8, 4) is 16.3 Å². The minimum Gasteiger partial charge on any atom is -0.490 e. The number of rotatable bonds is 6. The van der Waals surface area contributed by atoms with Crippen LogP contribution in [0, 0.1) is 12.8 Å². The molecule has 4 atom stereocenters. The van der Waals surface area contributed by atoms with Crippen LogP contribution in [-0.4, -0.2) is 39.5 Å². The van der Waals surface area contributed by atoms with E-state index in [1.807, 2.05) is 13.0 Å². The van der Waals surface area contributed by atoms with E-state index in [1.165, 1.54) is 11.3 Å². The highest BCUT2D eigenvalue weighted by Gasteiger charge is 2.41. The van der Waals surface area contributed by atoms with E-state index in [1.54, 1.807) is 25.3 Å². The van der Waals surface area contributed by atoms with Crippen LogP contribution in [0.25, 0.3) is 10.6 Å². The van der Waals surface area contributed by atoms with Gasteiger partial charge in [0.05, 0.1) is 6.04 Å². The molecule has 7 nitrogen and oxygen atoms in total. The molecule has 2 bridgehead atoms. The van der Waals surface area contributed by atoms with Gasteiger partial charge < -0.3 is 15.4 Å². The first-order valence-corrected chi connectivity index (χ1v) is 12.2. The number of hydrogen-bond donors (Lipinski definition) is 2. The molecule has 35 heavy (non-hydrogen) atoms. The maximum atomic E-state index is 13.1. The van der Waals surface area contributed by atoms with E-state index in [2.05, 4.69) is 25.6 Å². The Hall–Kier alpha value is -3.05. The van der Waals surface area contributed by atoms with Crippen LogP contribution >= 0.6 is 11.3 Å². The van der Waals surface area contributed by atoms with Gasteiger partial charge in [0.25, 0.3) is 5.91 Å². The van der Waals surface area contributed by atoms with E-state index in [9.17, 15) is 18.0 Å². The molecule has 0 spiro atoms. The number of amides is 1. The van der Waals surface area contributed by atoms with Crippen LogP contribution < -0.4 is 15.4 Å². The lowest BCUT2D eigenvalue weighted by Gasteiger charge is -2.24. The Morgan fingerprint density at radius 3 is 2.54 bits per heavy atom. The first-order chi connectivity index (χ1) is 16.7. The number of halogens is 3. The zero-order chi connectivity index (χ0) is 24.7. The van der Waals surface area contributed by atoms with Crippen molar-refractivity contribution >= 4 is 17.2 Å². The number of aryl methyl sites for hydroxylation is 1. The molecule has 3 aromatic rings. The van der Waals surface area contributed by atoms with Gasteiger partial charge in [-0.2, -0.15) is 13.2 Å². The number of ether oxygens (including phenoxy) is 1. The largest absolute Gasteiger partial charge is 0.490 e. The van der Waals surface area contributed by atoms with Crippen LogP contribution in [-0.2, 0) is 6.18 Å². The highest BCUT2D eigenvalue weighted by atomic mass is 32.1. The molecule has 2 fully saturated rings. The maximum absolute atomic E-state index is 13.1. The van der Waals surface area contributed by atoms with Gasteiger partial charge in [-0.3, -0.25) is 4.79 Å². The standard InChI is InChI=1S/C24H24F3N5O2S/c1-12-8-29-22(35-12)15-3-14(5-19(6-15)34-20-7-18-4-16(20)9-28-18)21(33)32-13(2)17-10-30-23(31-11-17)24(25,26)27/h3,5-6,8,10-11,13,16,18,20,28H,4,7,9H2,1-2H3,(H,32,33). The quantitative estimate of drug-likeness (QED) is 0.513. The molecule has 1 saturated carbocycles. The second kappa shape index (κ2) is 9.19. The number of aromatic nitrogens is 3. The Morgan fingerprint density at radius 2 is 1.94 bits per heavy atom. The average molecular weight is 504 g/mol. The van der Waals surface area contributed by atoms with Gasteiger partial charge in [0, 0.05) is 58.7 Å². The Bertz CT molecular complexity index is 1230. The monoisotopic (exact) mass is 503 g/mol. The number of fused-ring (bicyclic) bond motifs is 2. The van der Waals surface area contributed by atoms with Crippen molar-refractivity contribution in [3.63, 3.8) is 0 Å². The van der Waals surface area contributed by atoms with E-state index >= 15 is 0 Å². The zero-order valence-electron chi connectivity index (χ0n) is 19.1. The van der Waals surface area contributed by atoms with Gasteiger partial charge in [0.1, 0.15) is 16.9 Å². The van der Waals surface area contributed by atoms with Gasteiger partial charge in [-0.15, -0.1) is 11.3 Å². The molecule has 5 rings (SSSR count). The van der Waals surface area contributed by atoms with Gasteiger partial charge in [-0.25, -0.2) is 15.0 Å². The number of hydrogen-bond acceptors (Lipinski definition) is 7. The fourth-order valence-electron chi connectivity index (χ4n) is 4.59. The summed E-state index contributed by atoms with van der Waals surface area (Å²) in [7, 11) is 0. The normalized spacial score (nSPS) is 22.3. The third-order valence-electron chi connectivity index (χ3n) is 6.40. The summed E-state index contributed by atoms with van der Waals surface area (Å²) in [4.78, 5) is 25.4. The highest BCUT2D eigenvalue weighted by Crippen LogP contribution is 2.36. The van der Waals surface area contributed by atoms with Crippen LogP contribution in [0.4, 0.5) is 13.2 Å². The summed E-state index contributed by atoms with van der Waals surface area (Å²) in [5, 5.41) is 7.06. The lowest BCUT2D eigenvalue weighted by molar-refractivity contribution is -0.145. The summed E-state index contributed by atoms with van der Waals surface area (Å²) in [6.07, 6.45) is 1.43. The fraction of sp³-hybridized carbons (Fsp3) is 0.417. The Labute approximate surface area is 204 Å². The smallest absolute Gasteiger partial charge is 0.451 e. The van der Waals surface area contributed by atoms with Crippen molar-refractivity contribution in [1.29, 1.82) is 0 Å². The molecular formula is C24H24F3N5O2S. The Kier molecular flexibility index (Phi) is 6.22. The van der Waals surface area contributed by atoms with E-state index < -0.39 is 18.0 Å². The molecule has 3 heterocycles. The molecule has 1 aliphatic carbocycles. The molecule has 4 unspecified atom stereocenters. The predicted molar refractivity (Wildman–Crippen MR) is 124 cm³/mol. The van der Waals surface area contributed by atoms with E-state index in [0.717, 1.165) is 47.2 Å². The van der Waals surface area contributed by atoms with E-state index in [0.29, 0.717) is 28.8 Å². The number of thiazole rings is 1. The van der Waals surface area contributed by atoms with Gasteiger partial charge in [-0.05, 0) is 44.9 Å². The summed E-state index contributed by atoms with van der Waals surface area (Å²) in [6, 6.07) is 5.23. The summed E-state index contributed by atoms with van der Waals surface area (Å²) in [5.41, 5.74) is 1.52. The molecule has 1 amide bonds. The number of alkyl halides is 3. The first kappa shape index (κ1) is 23.7. The van der Waals surface area contributed by atoms with Gasteiger partial charge in [0.15, 0.2) is 0 Å². The lowest BCUT2D eigenvalue weighted by atomic mass is 10.1. The van der Waals surface area contributed by atoms with Crippen LogP contribution in [0.5, 0.6) is 5.75 Å². The van der Waals surface area contributed by atoms with Gasteiger partial charge in [-0.1, -0.05) is 0 Å². The predicted octanol–water partition coefficient (Wildman–Crippen LogP) is 4.55. The lowest BCUT2D eigenvalue weighted by Crippen LogP contribution is -2.35. The van der Waals surface area contributed by atoms with Gasteiger partial charge >= 0.3 is 6.18 Å². The van der Waals surface area contributed by atoms with E-state index in [4.69, 9.17) is 4.74 Å². The third kappa shape index (κ3) is 5.15. The zero-order valence-corrected chi connectivity index (χ0v) is 19.9. The molecule has 184 valence electrons.